The van der Waals surface area contributed by atoms with Gasteiger partial charge in [0.25, 0.3) is 0 Å². The fourth-order valence-electron chi connectivity index (χ4n) is 4.22. The molecule has 142 valence electrons. The summed E-state index contributed by atoms with van der Waals surface area (Å²) in [7, 11) is 0. The van der Waals surface area contributed by atoms with E-state index in [4.69, 9.17) is 0 Å². The average molecular weight is 365 g/mol. The molecule has 27 heavy (non-hydrogen) atoms. The number of hydrogen-bond acceptors (Lipinski definition) is 3. The van der Waals surface area contributed by atoms with Crippen LogP contribution in [0.5, 0.6) is 0 Å². The van der Waals surface area contributed by atoms with Crippen LogP contribution < -0.4 is 5.32 Å². The summed E-state index contributed by atoms with van der Waals surface area (Å²) >= 11 is 0. The number of rotatable bonds is 4. The number of nitrogens with one attached hydrogen (secondary N) is 1. The molecule has 5 nitrogen and oxygen atoms in total. The van der Waals surface area contributed by atoms with Gasteiger partial charge in [-0.25, -0.2) is 0 Å². The van der Waals surface area contributed by atoms with Crippen LogP contribution in [0, 0.1) is 0 Å². The quantitative estimate of drug-likeness (QED) is 0.743. The molecule has 1 fully saturated rings. The van der Waals surface area contributed by atoms with Crippen LogP contribution in [0.3, 0.4) is 0 Å². The van der Waals surface area contributed by atoms with Crippen LogP contribution in [0.15, 0.2) is 42.5 Å². The van der Waals surface area contributed by atoms with Crippen molar-refractivity contribution in [2.45, 2.75) is 45.4 Å². The van der Waals surface area contributed by atoms with Gasteiger partial charge in [-0.05, 0) is 57.5 Å². The molecule has 1 aliphatic rings. The van der Waals surface area contributed by atoms with E-state index in [0.29, 0.717) is 6.54 Å². The first-order valence-corrected chi connectivity index (χ1v) is 9.82. The van der Waals surface area contributed by atoms with Crippen LogP contribution in [0.4, 0.5) is 5.69 Å². The van der Waals surface area contributed by atoms with E-state index in [1.165, 1.54) is 16.4 Å². The Labute approximate surface area is 159 Å². The minimum Gasteiger partial charge on any atom is -0.392 e. The van der Waals surface area contributed by atoms with Crippen molar-refractivity contribution in [3.8, 4) is 0 Å². The maximum atomic E-state index is 12.7. The van der Waals surface area contributed by atoms with Gasteiger partial charge in [-0.3, -0.25) is 9.69 Å². The number of aliphatic hydroxyl groups excluding tert-OH is 1. The number of likely N-dealkylation sites (tertiary alicyclic amines) is 1. The number of aromatic nitrogens is 1. The standard InChI is InChI=1S/C22H27N3O2/c1-3-25-20-9-5-4-8-18(20)19-13-16(10-11-21(19)25)23-22(27)15(2)24-12-6-7-17(26)14-24/h4-5,8-11,13,15,17,26H,3,6-7,12,14H2,1-2H3,(H,23,27)/t15-,17+/m0/s1. The van der Waals surface area contributed by atoms with Crippen LogP contribution >= 0.6 is 0 Å². The number of para-hydroxylation sites is 1. The molecular weight excluding hydrogens is 338 g/mol. The highest BCUT2D eigenvalue weighted by Gasteiger charge is 2.26. The van der Waals surface area contributed by atoms with Crippen molar-refractivity contribution in [3.63, 3.8) is 0 Å². The van der Waals surface area contributed by atoms with Gasteiger partial charge in [-0.15, -0.1) is 0 Å². The molecule has 4 rings (SSSR count). The van der Waals surface area contributed by atoms with E-state index >= 15 is 0 Å². The van der Waals surface area contributed by atoms with Gasteiger partial charge in [0.15, 0.2) is 0 Å². The first-order valence-electron chi connectivity index (χ1n) is 9.82. The van der Waals surface area contributed by atoms with E-state index in [2.05, 4.69) is 58.1 Å². The van der Waals surface area contributed by atoms with Crippen LogP contribution in [-0.4, -0.2) is 45.7 Å². The largest absolute Gasteiger partial charge is 0.392 e. The van der Waals surface area contributed by atoms with Gasteiger partial charge in [0.1, 0.15) is 0 Å². The Morgan fingerprint density at radius 1 is 1.22 bits per heavy atom. The molecule has 1 amide bonds. The second-order valence-corrected chi connectivity index (χ2v) is 7.45. The Bertz CT molecular complexity index is 978. The Balaban J connectivity index is 1.61. The van der Waals surface area contributed by atoms with E-state index in [9.17, 15) is 9.90 Å². The number of aryl methyl sites for hydroxylation is 1. The van der Waals surface area contributed by atoms with Crippen molar-refractivity contribution in [1.29, 1.82) is 0 Å². The molecule has 0 saturated carbocycles. The molecule has 1 aliphatic heterocycles. The average Bonchev–Trinajstić information content (AvgIpc) is 3.00. The lowest BCUT2D eigenvalue weighted by atomic mass is 10.1. The van der Waals surface area contributed by atoms with Gasteiger partial charge in [0.2, 0.25) is 5.91 Å². The lowest BCUT2D eigenvalue weighted by Crippen LogP contribution is -2.48. The molecule has 0 radical (unpaired) electrons. The maximum absolute atomic E-state index is 12.7. The molecule has 5 heteroatoms. The SMILES string of the molecule is CCn1c2ccccc2c2cc(NC(=O)[C@H](C)N3CCC[C@@H](O)C3)ccc21. The summed E-state index contributed by atoms with van der Waals surface area (Å²) in [5.41, 5.74) is 3.22. The third-order valence-corrected chi connectivity index (χ3v) is 5.71. The number of nitrogens with zero attached hydrogens (tertiary/aromatic N) is 2. The van der Waals surface area contributed by atoms with Crippen molar-refractivity contribution in [3.05, 3.63) is 42.5 Å². The van der Waals surface area contributed by atoms with Gasteiger partial charge >= 0.3 is 0 Å². The number of carbonyl (C=O) groups is 1. The number of aliphatic hydroxyl groups is 1. The zero-order valence-electron chi connectivity index (χ0n) is 16.0. The van der Waals surface area contributed by atoms with E-state index in [1.807, 2.05) is 13.0 Å². The predicted molar refractivity (Wildman–Crippen MR) is 110 cm³/mol. The molecule has 2 heterocycles. The highest BCUT2D eigenvalue weighted by atomic mass is 16.3. The van der Waals surface area contributed by atoms with Gasteiger partial charge in [0.05, 0.1) is 12.1 Å². The molecule has 1 saturated heterocycles. The number of benzene rings is 2. The fraction of sp³-hybridized carbons (Fsp3) is 0.409. The second-order valence-electron chi connectivity index (χ2n) is 7.45. The van der Waals surface area contributed by atoms with E-state index in [1.54, 1.807) is 0 Å². The number of piperidine rings is 1. The third-order valence-electron chi connectivity index (χ3n) is 5.71. The van der Waals surface area contributed by atoms with Crippen molar-refractivity contribution in [2.75, 3.05) is 18.4 Å². The normalized spacial score (nSPS) is 19.4. The number of fused-ring (bicyclic) bond motifs is 3. The molecule has 0 unspecified atom stereocenters. The summed E-state index contributed by atoms with van der Waals surface area (Å²) in [6, 6.07) is 14.3. The summed E-state index contributed by atoms with van der Waals surface area (Å²) in [6.07, 6.45) is 1.43. The van der Waals surface area contributed by atoms with Gasteiger partial charge in [-0.1, -0.05) is 18.2 Å². The molecule has 2 N–H and O–H groups in total. The summed E-state index contributed by atoms with van der Waals surface area (Å²) in [5.74, 6) is -0.0253. The van der Waals surface area contributed by atoms with Gasteiger partial charge < -0.3 is 15.0 Å². The molecule has 3 aromatic rings. The number of carbonyl (C=O) groups excluding carboxylic acids is 1. The number of hydrogen-bond donors (Lipinski definition) is 2. The molecule has 2 atom stereocenters. The minimum atomic E-state index is -0.328. The molecule has 0 spiro atoms. The first kappa shape index (κ1) is 18.0. The Morgan fingerprint density at radius 3 is 2.78 bits per heavy atom. The second kappa shape index (κ2) is 7.33. The van der Waals surface area contributed by atoms with E-state index in [-0.39, 0.29) is 18.1 Å². The molecule has 0 aliphatic carbocycles. The number of amides is 1. The summed E-state index contributed by atoms with van der Waals surface area (Å²) in [6.45, 7) is 6.39. The van der Waals surface area contributed by atoms with Crippen molar-refractivity contribution >= 4 is 33.4 Å². The molecule has 2 aromatic carbocycles. The fourth-order valence-corrected chi connectivity index (χ4v) is 4.22. The van der Waals surface area contributed by atoms with Crippen molar-refractivity contribution in [2.24, 2.45) is 0 Å². The minimum absolute atomic E-state index is 0.0253. The highest BCUT2D eigenvalue weighted by Crippen LogP contribution is 2.31. The summed E-state index contributed by atoms with van der Waals surface area (Å²) in [4.78, 5) is 14.8. The topological polar surface area (TPSA) is 57.5 Å². The zero-order valence-corrected chi connectivity index (χ0v) is 16.0. The van der Waals surface area contributed by atoms with Crippen molar-refractivity contribution < 1.29 is 9.90 Å². The Hall–Kier alpha value is -2.37. The number of anilines is 1. The first-order chi connectivity index (χ1) is 13.1. The van der Waals surface area contributed by atoms with Crippen molar-refractivity contribution in [1.82, 2.24) is 9.47 Å². The maximum Gasteiger partial charge on any atom is 0.241 e. The Kier molecular flexibility index (Phi) is 4.89. The van der Waals surface area contributed by atoms with Gasteiger partial charge in [0, 0.05) is 40.6 Å². The zero-order chi connectivity index (χ0) is 19.0. The highest BCUT2D eigenvalue weighted by molar-refractivity contribution is 6.10. The van der Waals surface area contributed by atoms with E-state index < -0.39 is 0 Å². The lowest BCUT2D eigenvalue weighted by Gasteiger charge is -2.33. The van der Waals surface area contributed by atoms with Crippen LogP contribution in [0.2, 0.25) is 0 Å². The van der Waals surface area contributed by atoms with Crippen LogP contribution in [0.1, 0.15) is 26.7 Å². The monoisotopic (exact) mass is 365 g/mol. The predicted octanol–water partition coefficient (Wildman–Crippen LogP) is 3.60. The van der Waals surface area contributed by atoms with Crippen LogP contribution in [0.25, 0.3) is 21.8 Å². The van der Waals surface area contributed by atoms with Crippen LogP contribution in [-0.2, 0) is 11.3 Å². The molecule has 0 bridgehead atoms. The molecule has 1 aromatic heterocycles. The number of β-amino-alcohol motifs (C(OH)–C–C–N with tert-alkyl or cyclic N) is 1. The summed E-state index contributed by atoms with van der Waals surface area (Å²) < 4.78 is 2.30. The summed E-state index contributed by atoms with van der Waals surface area (Å²) in [5, 5.41) is 15.3. The Morgan fingerprint density at radius 2 is 2.00 bits per heavy atom. The van der Waals surface area contributed by atoms with E-state index in [0.717, 1.165) is 37.0 Å². The molecular formula is C22H27N3O2. The lowest BCUT2D eigenvalue weighted by molar-refractivity contribution is -0.121. The van der Waals surface area contributed by atoms with Gasteiger partial charge in [-0.2, -0.15) is 0 Å². The smallest absolute Gasteiger partial charge is 0.241 e. The third kappa shape index (κ3) is 3.33.